The summed E-state index contributed by atoms with van der Waals surface area (Å²) in [5.41, 5.74) is 2.66. The van der Waals surface area contributed by atoms with Gasteiger partial charge in [-0.05, 0) is 13.8 Å². The van der Waals surface area contributed by atoms with Crippen molar-refractivity contribution in [2.75, 3.05) is 0 Å². The van der Waals surface area contributed by atoms with E-state index in [1.807, 2.05) is 0 Å². The van der Waals surface area contributed by atoms with E-state index in [1.54, 1.807) is 0 Å². The SMILES string of the molecule is Cc1ccc(C)cc1.O=S([O-])O.[K+]. The zero-order valence-electron chi connectivity index (χ0n) is 7.98. The first-order chi connectivity index (χ1) is 5.52. The van der Waals surface area contributed by atoms with Gasteiger partial charge in [-0.25, -0.2) is 4.21 Å². The van der Waals surface area contributed by atoms with Crippen molar-refractivity contribution in [3.63, 3.8) is 0 Å². The quantitative estimate of drug-likeness (QED) is 0.439. The van der Waals surface area contributed by atoms with E-state index < -0.39 is 11.4 Å². The molecule has 0 aliphatic rings. The molecule has 0 saturated carbocycles. The first kappa shape index (κ1) is 16.4. The number of hydrogen-bond acceptors (Lipinski definition) is 2. The molecule has 68 valence electrons. The number of aryl methyl sites for hydroxylation is 2. The van der Waals surface area contributed by atoms with Crippen molar-refractivity contribution in [2.45, 2.75) is 13.8 Å². The monoisotopic (exact) mass is 226 g/mol. The van der Waals surface area contributed by atoms with Crippen LogP contribution in [0.25, 0.3) is 0 Å². The zero-order chi connectivity index (χ0) is 9.56. The first-order valence-electron chi connectivity index (χ1n) is 3.34. The summed E-state index contributed by atoms with van der Waals surface area (Å²) in [5, 5.41) is 0. The maximum atomic E-state index is 8.56. The molecule has 0 radical (unpaired) electrons. The van der Waals surface area contributed by atoms with E-state index in [4.69, 9.17) is 13.3 Å². The van der Waals surface area contributed by atoms with E-state index in [2.05, 4.69) is 38.1 Å². The van der Waals surface area contributed by atoms with Crippen molar-refractivity contribution in [1.29, 1.82) is 0 Å². The normalized spacial score (nSPS) is 10.5. The molecule has 1 aromatic carbocycles. The van der Waals surface area contributed by atoms with Crippen LogP contribution >= 0.6 is 0 Å². The third-order valence-corrected chi connectivity index (χ3v) is 1.22. The smallest absolute Gasteiger partial charge is 0.750 e. The fourth-order valence-electron chi connectivity index (χ4n) is 0.637. The molecule has 13 heavy (non-hydrogen) atoms. The van der Waals surface area contributed by atoms with Crippen LogP contribution in [-0.2, 0) is 11.4 Å². The molecule has 0 saturated heterocycles. The third kappa shape index (κ3) is 12.9. The average molecular weight is 226 g/mol. The fraction of sp³-hybridized carbons (Fsp3) is 0.250. The van der Waals surface area contributed by atoms with E-state index in [1.165, 1.54) is 11.1 Å². The molecule has 0 fully saturated rings. The van der Waals surface area contributed by atoms with E-state index in [-0.39, 0.29) is 51.4 Å². The molecule has 0 spiro atoms. The Kier molecular flexibility index (Phi) is 11.9. The van der Waals surface area contributed by atoms with Gasteiger partial charge < -0.3 is 9.11 Å². The van der Waals surface area contributed by atoms with Crippen LogP contribution < -0.4 is 51.4 Å². The van der Waals surface area contributed by atoms with Crippen molar-refractivity contribution < 1.29 is 64.7 Å². The van der Waals surface area contributed by atoms with Gasteiger partial charge in [-0.3, -0.25) is 0 Å². The summed E-state index contributed by atoms with van der Waals surface area (Å²) in [4.78, 5) is 0. The summed E-state index contributed by atoms with van der Waals surface area (Å²) in [6.07, 6.45) is 0. The Morgan fingerprint density at radius 1 is 1.15 bits per heavy atom. The molecule has 0 heterocycles. The molecule has 1 unspecified atom stereocenters. The number of benzene rings is 1. The summed E-state index contributed by atoms with van der Waals surface area (Å²) in [7, 11) is 0. The molecule has 0 bridgehead atoms. The van der Waals surface area contributed by atoms with Gasteiger partial charge in [0, 0.05) is 0 Å². The van der Waals surface area contributed by atoms with Gasteiger partial charge in [-0.15, -0.1) is 0 Å². The van der Waals surface area contributed by atoms with Crippen LogP contribution in [0.1, 0.15) is 11.1 Å². The van der Waals surface area contributed by atoms with Crippen molar-refractivity contribution in [2.24, 2.45) is 0 Å². The second-order valence-corrected chi connectivity index (χ2v) is 2.81. The van der Waals surface area contributed by atoms with Crippen LogP contribution in [0.4, 0.5) is 0 Å². The Bertz CT molecular complexity index is 223. The van der Waals surface area contributed by atoms with Crippen molar-refractivity contribution in [3.05, 3.63) is 35.4 Å². The molecule has 5 heteroatoms. The Labute approximate surface area is 123 Å². The molecule has 0 aliphatic carbocycles. The standard InChI is InChI=1S/C8H10.K.H2O3S/c1-7-3-5-8(2)6-4-7;;1-4(2)3/h3-6H,1-2H3;;(H2,1,2,3)/q;+1;/p-1. The van der Waals surface area contributed by atoms with Gasteiger partial charge >= 0.3 is 51.4 Å². The average Bonchev–Trinajstić information content (AvgIpc) is 1.94. The van der Waals surface area contributed by atoms with Crippen LogP contribution in [0.5, 0.6) is 0 Å². The van der Waals surface area contributed by atoms with Gasteiger partial charge in [-0.1, -0.05) is 35.4 Å². The van der Waals surface area contributed by atoms with Crippen LogP contribution in [0.2, 0.25) is 0 Å². The van der Waals surface area contributed by atoms with Crippen LogP contribution in [-0.4, -0.2) is 13.3 Å². The summed E-state index contributed by atoms with van der Waals surface area (Å²) >= 11 is -2.86. The zero-order valence-corrected chi connectivity index (χ0v) is 11.9. The Morgan fingerprint density at radius 2 is 1.31 bits per heavy atom. The Hall–Kier alpha value is 0.926. The number of rotatable bonds is 0. The molecule has 1 aromatic rings. The summed E-state index contributed by atoms with van der Waals surface area (Å²) in [5.74, 6) is 0. The van der Waals surface area contributed by atoms with Gasteiger partial charge in [0.15, 0.2) is 0 Å². The van der Waals surface area contributed by atoms with Crippen LogP contribution in [0.15, 0.2) is 24.3 Å². The summed E-state index contributed by atoms with van der Waals surface area (Å²) < 4.78 is 24.1. The molecule has 1 N–H and O–H groups in total. The van der Waals surface area contributed by atoms with Gasteiger partial charge in [0.1, 0.15) is 0 Å². The second kappa shape index (κ2) is 9.48. The van der Waals surface area contributed by atoms with Gasteiger partial charge in [0.05, 0.1) is 11.4 Å². The first-order valence-corrected chi connectivity index (χ1v) is 4.37. The maximum Gasteiger partial charge on any atom is 1.00 e. The Balaban J connectivity index is 0. The molecular formula is C8H11KO3S. The Morgan fingerprint density at radius 3 is 1.46 bits per heavy atom. The van der Waals surface area contributed by atoms with Crippen LogP contribution in [0, 0.1) is 13.8 Å². The predicted octanol–water partition coefficient (Wildman–Crippen LogP) is -1.35. The third-order valence-electron chi connectivity index (χ3n) is 1.22. The van der Waals surface area contributed by atoms with E-state index in [0.717, 1.165) is 0 Å². The van der Waals surface area contributed by atoms with Gasteiger partial charge in [-0.2, -0.15) is 0 Å². The van der Waals surface area contributed by atoms with Crippen molar-refractivity contribution >= 4 is 11.4 Å². The van der Waals surface area contributed by atoms with E-state index in [9.17, 15) is 0 Å². The molecular weight excluding hydrogens is 215 g/mol. The second-order valence-electron chi connectivity index (χ2n) is 2.37. The van der Waals surface area contributed by atoms with Crippen LogP contribution in [0.3, 0.4) is 0 Å². The minimum absolute atomic E-state index is 0. The minimum atomic E-state index is -2.86. The fourth-order valence-corrected chi connectivity index (χ4v) is 0.637. The van der Waals surface area contributed by atoms with Crippen molar-refractivity contribution in [1.82, 2.24) is 0 Å². The van der Waals surface area contributed by atoms with Gasteiger partial charge in [0.2, 0.25) is 0 Å². The van der Waals surface area contributed by atoms with E-state index >= 15 is 0 Å². The number of hydrogen-bond donors (Lipinski definition) is 1. The molecule has 0 aromatic heterocycles. The maximum absolute atomic E-state index is 8.56. The van der Waals surface area contributed by atoms with E-state index in [0.29, 0.717) is 0 Å². The molecule has 1 atom stereocenters. The molecule has 0 amide bonds. The molecule has 3 nitrogen and oxygen atoms in total. The topological polar surface area (TPSA) is 60.4 Å². The minimum Gasteiger partial charge on any atom is -0.750 e. The summed E-state index contributed by atoms with van der Waals surface area (Å²) in [6.45, 7) is 4.19. The largest absolute Gasteiger partial charge is 1.00 e. The summed E-state index contributed by atoms with van der Waals surface area (Å²) in [6, 6.07) is 8.48. The van der Waals surface area contributed by atoms with Crippen molar-refractivity contribution in [3.8, 4) is 0 Å². The predicted molar refractivity (Wildman–Crippen MR) is 47.5 cm³/mol. The molecule has 1 rings (SSSR count). The molecule has 0 aliphatic heterocycles. The van der Waals surface area contributed by atoms with Gasteiger partial charge in [0.25, 0.3) is 0 Å².